The quantitative estimate of drug-likeness (QED) is 0.538. The molecule has 28 heavy (non-hydrogen) atoms. The van der Waals surface area contributed by atoms with Crippen molar-refractivity contribution in [1.82, 2.24) is 4.98 Å². The fraction of sp³-hybridized carbons (Fsp3) is 0.174. The maximum atomic E-state index is 13.9. The van der Waals surface area contributed by atoms with Crippen LogP contribution in [-0.2, 0) is 0 Å². The Morgan fingerprint density at radius 2 is 1.82 bits per heavy atom. The highest BCUT2D eigenvalue weighted by Crippen LogP contribution is 2.35. The minimum Gasteiger partial charge on any atom is -0.381 e. The van der Waals surface area contributed by atoms with Gasteiger partial charge in [0.1, 0.15) is 5.82 Å². The van der Waals surface area contributed by atoms with Crippen LogP contribution in [0, 0.1) is 19.7 Å². The Balaban J connectivity index is 1.81. The van der Waals surface area contributed by atoms with E-state index in [2.05, 4.69) is 10.6 Å². The first-order valence-corrected chi connectivity index (χ1v) is 9.55. The number of rotatable bonds is 3. The first-order valence-electron chi connectivity index (χ1n) is 9.18. The number of halogens is 2. The summed E-state index contributed by atoms with van der Waals surface area (Å²) in [6.07, 6.45) is 0. The monoisotopic (exact) mass is 393 g/mol. The largest absolute Gasteiger partial charge is 0.381 e. The summed E-state index contributed by atoms with van der Waals surface area (Å²) in [6.45, 7) is 6.77. The Morgan fingerprint density at radius 3 is 2.61 bits per heavy atom. The van der Waals surface area contributed by atoms with Crippen LogP contribution in [0.5, 0.6) is 0 Å². The van der Waals surface area contributed by atoms with Crippen molar-refractivity contribution in [3.8, 4) is 11.3 Å². The van der Waals surface area contributed by atoms with Gasteiger partial charge in [-0.3, -0.25) is 4.98 Å². The van der Waals surface area contributed by atoms with Crippen molar-refractivity contribution in [1.29, 1.82) is 0 Å². The third kappa shape index (κ3) is 3.36. The van der Waals surface area contributed by atoms with Crippen LogP contribution in [0.1, 0.15) is 23.7 Å². The van der Waals surface area contributed by atoms with Crippen molar-refractivity contribution >= 4 is 28.7 Å². The number of aromatic nitrogens is 1. The molecule has 3 nitrogen and oxygen atoms in total. The van der Waals surface area contributed by atoms with Crippen molar-refractivity contribution in [3.63, 3.8) is 0 Å². The van der Waals surface area contributed by atoms with Crippen LogP contribution in [0.4, 0.5) is 15.8 Å². The number of nitrogens with one attached hydrogen (secondary N) is 2. The highest BCUT2D eigenvalue weighted by atomic mass is 35.5. The number of benzene rings is 2. The summed E-state index contributed by atoms with van der Waals surface area (Å²) in [5.74, 6) is -0.256. The van der Waals surface area contributed by atoms with Crippen LogP contribution in [0.25, 0.3) is 17.0 Å². The van der Waals surface area contributed by atoms with E-state index in [1.807, 2.05) is 51.1 Å². The van der Waals surface area contributed by atoms with Crippen LogP contribution < -0.4 is 10.6 Å². The van der Waals surface area contributed by atoms with Gasteiger partial charge in [-0.25, -0.2) is 4.39 Å². The molecule has 0 amide bonds. The molecule has 1 aliphatic heterocycles. The number of hydrogen-bond acceptors (Lipinski definition) is 3. The SMILES string of the molecule is CC1=C(Nc2cc(-c3ccccc3Cl)nc(C)c2C)c2cc(F)ccc2NC1. The Bertz CT molecular complexity index is 1100. The van der Waals surface area contributed by atoms with Gasteiger partial charge in [-0.2, -0.15) is 0 Å². The minimum atomic E-state index is -0.256. The van der Waals surface area contributed by atoms with Gasteiger partial charge in [-0.05, 0) is 62.2 Å². The van der Waals surface area contributed by atoms with Gasteiger partial charge in [-0.15, -0.1) is 0 Å². The molecule has 0 saturated heterocycles. The molecule has 0 bridgehead atoms. The molecule has 1 aliphatic rings. The molecule has 0 radical (unpaired) electrons. The third-order valence-electron chi connectivity index (χ3n) is 5.15. The van der Waals surface area contributed by atoms with Crippen molar-refractivity contribution < 1.29 is 4.39 Å². The number of fused-ring (bicyclic) bond motifs is 1. The van der Waals surface area contributed by atoms with E-state index in [4.69, 9.17) is 16.6 Å². The van der Waals surface area contributed by atoms with Crippen molar-refractivity contribution in [2.24, 2.45) is 0 Å². The molecular formula is C23H21ClFN3. The fourth-order valence-corrected chi connectivity index (χ4v) is 3.64. The Morgan fingerprint density at radius 1 is 1.04 bits per heavy atom. The van der Waals surface area contributed by atoms with E-state index >= 15 is 0 Å². The molecule has 5 heteroatoms. The second kappa shape index (κ2) is 7.28. The molecule has 0 fully saturated rings. The molecular weight excluding hydrogens is 373 g/mol. The van der Waals surface area contributed by atoms with Gasteiger partial charge in [0.05, 0.1) is 5.69 Å². The number of aryl methyl sites for hydroxylation is 1. The predicted octanol–water partition coefficient (Wildman–Crippen LogP) is 6.43. The molecule has 0 aliphatic carbocycles. The Kier molecular flexibility index (Phi) is 4.82. The van der Waals surface area contributed by atoms with Gasteiger partial charge in [0.2, 0.25) is 0 Å². The van der Waals surface area contributed by atoms with Crippen LogP contribution in [-0.4, -0.2) is 11.5 Å². The van der Waals surface area contributed by atoms with E-state index < -0.39 is 0 Å². The summed E-state index contributed by atoms with van der Waals surface area (Å²) >= 11 is 6.38. The van der Waals surface area contributed by atoms with Crippen molar-refractivity contribution in [2.45, 2.75) is 20.8 Å². The summed E-state index contributed by atoms with van der Waals surface area (Å²) in [5, 5.41) is 7.54. The Hall–Kier alpha value is -2.85. The summed E-state index contributed by atoms with van der Waals surface area (Å²) in [7, 11) is 0. The van der Waals surface area contributed by atoms with Crippen LogP contribution in [0.3, 0.4) is 0 Å². The number of anilines is 2. The molecule has 0 atom stereocenters. The lowest BCUT2D eigenvalue weighted by Gasteiger charge is -2.25. The molecule has 0 unspecified atom stereocenters. The molecule has 0 spiro atoms. The van der Waals surface area contributed by atoms with E-state index in [0.29, 0.717) is 11.6 Å². The maximum Gasteiger partial charge on any atom is 0.124 e. The Labute approximate surface area is 169 Å². The van der Waals surface area contributed by atoms with Gasteiger partial charge in [0, 0.05) is 45.5 Å². The van der Waals surface area contributed by atoms with Gasteiger partial charge in [0.25, 0.3) is 0 Å². The molecule has 0 saturated carbocycles. The number of nitrogens with zero attached hydrogens (tertiary/aromatic N) is 1. The maximum absolute atomic E-state index is 13.9. The molecule has 1 aromatic heterocycles. The summed E-state index contributed by atoms with van der Waals surface area (Å²) < 4.78 is 13.9. The fourth-order valence-electron chi connectivity index (χ4n) is 3.41. The lowest BCUT2D eigenvalue weighted by molar-refractivity contribution is 0.627. The minimum absolute atomic E-state index is 0.256. The van der Waals surface area contributed by atoms with E-state index in [9.17, 15) is 4.39 Å². The zero-order valence-electron chi connectivity index (χ0n) is 16.0. The smallest absolute Gasteiger partial charge is 0.124 e. The summed E-state index contributed by atoms with van der Waals surface area (Å²) in [4.78, 5) is 4.72. The molecule has 2 N–H and O–H groups in total. The van der Waals surface area contributed by atoms with Crippen LogP contribution >= 0.6 is 11.6 Å². The van der Waals surface area contributed by atoms with Gasteiger partial charge in [0.15, 0.2) is 0 Å². The highest BCUT2D eigenvalue weighted by molar-refractivity contribution is 6.33. The molecule has 3 aromatic rings. The van der Waals surface area contributed by atoms with Crippen molar-refractivity contribution in [3.05, 3.63) is 81.8 Å². The lowest BCUT2D eigenvalue weighted by Crippen LogP contribution is -2.17. The van der Waals surface area contributed by atoms with Gasteiger partial charge in [-0.1, -0.05) is 29.8 Å². The van der Waals surface area contributed by atoms with Gasteiger partial charge >= 0.3 is 0 Å². The molecule has 142 valence electrons. The van der Waals surface area contributed by atoms with Crippen LogP contribution in [0.15, 0.2) is 54.1 Å². The second-order valence-electron chi connectivity index (χ2n) is 7.07. The first kappa shape index (κ1) is 18.5. The average Bonchev–Trinajstić information content (AvgIpc) is 2.67. The normalized spacial score (nSPS) is 13.2. The standard InChI is InChI=1S/C23H21ClFN3/c1-13-12-26-20-9-8-16(25)10-18(20)23(13)28-21-11-22(27-15(3)14(21)2)17-6-4-5-7-19(17)24/h4-11,26H,12H2,1-3H3,(H,27,28). The zero-order chi connectivity index (χ0) is 19.8. The zero-order valence-corrected chi connectivity index (χ0v) is 16.8. The van der Waals surface area contributed by atoms with E-state index in [1.54, 1.807) is 12.1 Å². The highest BCUT2D eigenvalue weighted by Gasteiger charge is 2.19. The lowest BCUT2D eigenvalue weighted by atomic mass is 9.99. The van der Waals surface area contributed by atoms with Crippen LogP contribution in [0.2, 0.25) is 5.02 Å². The third-order valence-corrected chi connectivity index (χ3v) is 5.48. The first-order chi connectivity index (χ1) is 13.4. The molecule has 4 rings (SSSR count). The topological polar surface area (TPSA) is 37.0 Å². The van der Waals surface area contributed by atoms with Gasteiger partial charge < -0.3 is 10.6 Å². The second-order valence-corrected chi connectivity index (χ2v) is 7.48. The average molecular weight is 394 g/mol. The van der Waals surface area contributed by atoms with E-state index in [0.717, 1.165) is 50.7 Å². The summed E-state index contributed by atoms with van der Waals surface area (Å²) in [6, 6.07) is 14.5. The molecule has 2 aromatic carbocycles. The van der Waals surface area contributed by atoms with E-state index in [1.165, 1.54) is 6.07 Å². The van der Waals surface area contributed by atoms with Crippen molar-refractivity contribution in [2.75, 3.05) is 17.2 Å². The number of hydrogen-bond donors (Lipinski definition) is 2. The number of pyridine rings is 1. The molecule has 2 heterocycles. The summed E-state index contributed by atoms with van der Waals surface area (Å²) in [5.41, 5.74) is 8.40. The predicted molar refractivity (Wildman–Crippen MR) is 115 cm³/mol. The van der Waals surface area contributed by atoms with E-state index in [-0.39, 0.29) is 5.82 Å².